The summed E-state index contributed by atoms with van der Waals surface area (Å²) in [6, 6.07) is 1.93. The molecule has 31 heavy (non-hydrogen) atoms. The lowest BCUT2D eigenvalue weighted by atomic mass is 10.1. The highest BCUT2D eigenvalue weighted by Crippen LogP contribution is 2.37. The Labute approximate surface area is 181 Å². The Morgan fingerprint density at radius 1 is 1.29 bits per heavy atom. The summed E-state index contributed by atoms with van der Waals surface area (Å²) >= 11 is 5.72. The van der Waals surface area contributed by atoms with Crippen molar-refractivity contribution in [3.63, 3.8) is 0 Å². The second kappa shape index (κ2) is 11.7. The van der Waals surface area contributed by atoms with E-state index in [0.29, 0.717) is 0 Å². The van der Waals surface area contributed by atoms with Gasteiger partial charge in [0.2, 0.25) is 0 Å². The predicted octanol–water partition coefficient (Wildman–Crippen LogP) is -0.393. The molecule has 0 aliphatic carbocycles. The van der Waals surface area contributed by atoms with Gasteiger partial charge in [-0.05, 0) is 6.07 Å². The van der Waals surface area contributed by atoms with Gasteiger partial charge >= 0.3 is 5.69 Å². The first kappa shape index (κ1) is 26.4. The summed E-state index contributed by atoms with van der Waals surface area (Å²) in [7, 11) is -3.79. The monoisotopic (exact) mass is 484 g/mol. The van der Waals surface area contributed by atoms with E-state index in [2.05, 4.69) is 9.50 Å². The number of nitrogens with zero attached hydrogens (tertiary/aromatic N) is 3. The van der Waals surface area contributed by atoms with E-state index in [1.165, 1.54) is 4.90 Å². The van der Waals surface area contributed by atoms with E-state index in [0.717, 1.165) is 18.4 Å². The minimum atomic E-state index is -3.79. The number of alkyl halides is 1. The number of carbonyl (C=O) groups is 1. The molecule has 1 unspecified atom stereocenters. The molecular formula is C15H21ClN4O10S. The van der Waals surface area contributed by atoms with Crippen molar-refractivity contribution >= 4 is 44.7 Å². The molecule has 0 bridgehead atoms. The minimum absolute atomic E-state index is 0.0301. The molecule has 0 aromatic heterocycles. The lowest BCUT2D eigenvalue weighted by molar-refractivity contribution is -0.394. The van der Waals surface area contributed by atoms with Crippen molar-refractivity contribution in [3.8, 4) is 0 Å². The van der Waals surface area contributed by atoms with Crippen LogP contribution in [-0.4, -0.2) is 85.5 Å². The van der Waals surface area contributed by atoms with Gasteiger partial charge in [0.25, 0.3) is 21.7 Å². The number of amides is 1. The Kier molecular flexibility index (Phi) is 9.99. The van der Waals surface area contributed by atoms with Crippen molar-refractivity contribution in [2.24, 2.45) is 0 Å². The molecule has 0 heterocycles. The smallest absolute Gasteiger partial charge is 0.312 e. The van der Waals surface area contributed by atoms with Crippen LogP contribution in [0.1, 0.15) is 10.4 Å². The summed E-state index contributed by atoms with van der Waals surface area (Å²) in [4.78, 5) is 35.0. The minimum Gasteiger partial charge on any atom is -0.394 e. The van der Waals surface area contributed by atoms with Crippen molar-refractivity contribution < 1.29 is 37.5 Å². The number of nitro benzene ring substituents is 2. The average molecular weight is 485 g/mol. The average Bonchev–Trinajstić information content (AvgIpc) is 2.68. The molecular weight excluding hydrogens is 464 g/mol. The second-order valence-corrected chi connectivity index (χ2v) is 8.11. The normalized spacial score (nSPS) is 12.3. The van der Waals surface area contributed by atoms with E-state index >= 15 is 0 Å². The summed E-state index contributed by atoms with van der Waals surface area (Å²) in [6.07, 6.45) is -0.567. The molecule has 0 radical (unpaired) electrons. The molecule has 0 saturated carbocycles. The zero-order valence-electron chi connectivity index (χ0n) is 16.3. The lowest BCUT2D eigenvalue weighted by Crippen LogP contribution is -2.35. The first-order valence-corrected chi connectivity index (χ1v) is 11.0. The molecule has 0 aliphatic heterocycles. The van der Waals surface area contributed by atoms with Crippen molar-refractivity contribution in [2.45, 2.75) is 6.10 Å². The molecule has 14 nitrogen and oxygen atoms in total. The van der Waals surface area contributed by atoms with E-state index in [4.69, 9.17) is 16.7 Å². The number of rotatable bonds is 13. The van der Waals surface area contributed by atoms with Gasteiger partial charge < -0.3 is 20.4 Å². The zero-order valence-corrected chi connectivity index (χ0v) is 17.8. The molecule has 3 N–H and O–H groups in total. The fourth-order valence-corrected chi connectivity index (χ4v) is 3.08. The van der Waals surface area contributed by atoms with Gasteiger partial charge in [-0.2, -0.15) is 8.42 Å². The van der Waals surface area contributed by atoms with Crippen LogP contribution < -0.4 is 10.2 Å². The molecule has 1 aromatic rings. The summed E-state index contributed by atoms with van der Waals surface area (Å²) in [5.74, 6) is -1.26. The second-order valence-electron chi connectivity index (χ2n) is 6.09. The molecule has 0 aliphatic rings. The van der Waals surface area contributed by atoms with E-state index in [1.807, 2.05) is 0 Å². The highest BCUT2D eigenvalue weighted by molar-refractivity contribution is 7.85. The highest BCUT2D eigenvalue weighted by Gasteiger charge is 2.35. The number of aliphatic hydroxyl groups is 2. The molecule has 0 fully saturated rings. The zero-order chi connectivity index (χ0) is 23.8. The Morgan fingerprint density at radius 3 is 2.42 bits per heavy atom. The predicted molar refractivity (Wildman–Crippen MR) is 109 cm³/mol. The number of halogens is 1. The fourth-order valence-electron chi connectivity index (χ4n) is 2.50. The number of carbonyl (C=O) groups excluding carboxylic acids is 1. The first-order chi connectivity index (χ1) is 14.4. The van der Waals surface area contributed by atoms with E-state index in [9.17, 15) is 38.5 Å². The maximum absolute atomic E-state index is 12.5. The molecule has 1 atom stereocenters. The molecule has 0 spiro atoms. The number of benzene rings is 1. The molecule has 1 rings (SSSR count). The molecule has 174 valence electrons. The quantitative estimate of drug-likeness (QED) is 0.142. The summed E-state index contributed by atoms with van der Waals surface area (Å²) < 4.78 is 26.9. The maximum atomic E-state index is 12.5. The van der Waals surface area contributed by atoms with Crippen molar-refractivity contribution in [1.82, 2.24) is 5.32 Å². The first-order valence-electron chi connectivity index (χ1n) is 8.61. The SMILES string of the molecule is CS(=O)(=O)OCCN(CCCl)c1ccc([N+](=O)[O-])c(C(=O)NCC(O)CO)c1[N+](=O)[O-]. The number of anilines is 1. The third kappa shape index (κ3) is 7.87. The molecule has 1 aromatic carbocycles. The van der Waals surface area contributed by atoms with Gasteiger partial charge in [0, 0.05) is 31.6 Å². The Balaban J connectivity index is 3.50. The number of nitro groups is 2. The fraction of sp³-hybridized carbons (Fsp3) is 0.533. The van der Waals surface area contributed by atoms with Gasteiger partial charge in [0.05, 0.1) is 35.4 Å². The Hall–Kier alpha value is -2.59. The van der Waals surface area contributed by atoms with Gasteiger partial charge in [-0.15, -0.1) is 11.6 Å². The summed E-state index contributed by atoms with van der Waals surface area (Å²) in [6.45, 7) is -1.84. The van der Waals surface area contributed by atoms with Gasteiger partial charge in [-0.25, -0.2) is 0 Å². The Morgan fingerprint density at radius 2 is 1.94 bits per heavy atom. The van der Waals surface area contributed by atoms with Crippen molar-refractivity contribution in [2.75, 3.05) is 49.9 Å². The number of hydrogen-bond donors (Lipinski definition) is 3. The number of nitrogens with one attached hydrogen (secondary N) is 1. The van der Waals surface area contributed by atoms with Crippen LogP contribution in [0.4, 0.5) is 17.1 Å². The van der Waals surface area contributed by atoms with E-state index in [-0.39, 0.29) is 24.7 Å². The third-order valence-electron chi connectivity index (χ3n) is 3.80. The molecule has 0 saturated heterocycles. The molecule has 1 amide bonds. The van der Waals surface area contributed by atoms with Gasteiger partial charge in [-0.3, -0.25) is 29.2 Å². The van der Waals surface area contributed by atoms with Gasteiger partial charge in [0.15, 0.2) is 5.56 Å². The van der Waals surface area contributed by atoms with Crippen molar-refractivity contribution in [1.29, 1.82) is 0 Å². The van der Waals surface area contributed by atoms with Gasteiger partial charge in [-0.1, -0.05) is 0 Å². The van der Waals surface area contributed by atoms with Crippen molar-refractivity contribution in [3.05, 3.63) is 37.9 Å². The maximum Gasteiger partial charge on any atom is 0.312 e. The lowest BCUT2D eigenvalue weighted by Gasteiger charge is -2.24. The van der Waals surface area contributed by atoms with E-state index < -0.39 is 68.7 Å². The van der Waals surface area contributed by atoms with Gasteiger partial charge in [0.1, 0.15) is 5.69 Å². The number of aliphatic hydroxyl groups excluding tert-OH is 2. The highest BCUT2D eigenvalue weighted by atomic mass is 35.5. The van der Waals surface area contributed by atoms with Crippen LogP contribution >= 0.6 is 11.6 Å². The van der Waals surface area contributed by atoms with Crippen LogP contribution in [0.25, 0.3) is 0 Å². The van der Waals surface area contributed by atoms with Crippen LogP contribution in [0.3, 0.4) is 0 Å². The van der Waals surface area contributed by atoms with Crippen LogP contribution in [0.15, 0.2) is 12.1 Å². The van der Waals surface area contributed by atoms with Crippen LogP contribution in [0, 0.1) is 20.2 Å². The standard InChI is InChI=1S/C15H21ClN4O10S/c1-31(28,29)30-7-6-18(5-4-16)12-3-2-11(19(24)25)13(14(12)20(26)27)15(23)17-8-10(22)9-21/h2-3,10,21-22H,4-9H2,1H3,(H,17,23). The van der Waals surface area contributed by atoms with Crippen LogP contribution in [0.5, 0.6) is 0 Å². The third-order valence-corrected chi connectivity index (χ3v) is 4.57. The Bertz CT molecular complexity index is 927. The topological polar surface area (TPSA) is 202 Å². The largest absolute Gasteiger partial charge is 0.394 e. The number of hydrogen-bond acceptors (Lipinski definition) is 11. The summed E-state index contributed by atoms with van der Waals surface area (Å²) in [5.41, 5.74) is -2.86. The van der Waals surface area contributed by atoms with Crippen LogP contribution in [0.2, 0.25) is 0 Å². The summed E-state index contributed by atoms with van der Waals surface area (Å²) in [5, 5.41) is 43.5. The van der Waals surface area contributed by atoms with E-state index in [1.54, 1.807) is 0 Å². The van der Waals surface area contributed by atoms with Crippen LogP contribution in [-0.2, 0) is 14.3 Å². The molecule has 16 heteroatoms.